The van der Waals surface area contributed by atoms with Gasteiger partial charge in [0.05, 0.1) is 11.6 Å². The smallest absolute Gasteiger partial charge is 0.404 e. The number of aromatic nitrogens is 1. The predicted molar refractivity (Wildman–Crippen MR) is 73.6 cm³/mol. The van der Waals surface area contributed by atoms with Crippen LogP contribution in [0, 0.1) is 17.5 Å². The third-order valence-corrected chi connectivity index (χ3v) is 3.79. The van der Waals surface area contributed by atoms with Gasteiger partial charge < -0.3 is 20.3 Å². The van der Waals surface area contributed by atoms with Crippen molar-refractivity contribution in [3.05, 3.63) is 35.3 Å². The molecule has 3 rings (SSSR count). The zero-order valence-corrected chi connectivity index (χ0v) is 11.7. The Balaban J connectivity index is 1.85. The van der Waals surface area contributed by atoms with Gasteiger partial charge in [0, 0.05) is 18.5 Å². The summed E-state index contributed by atoms with van der Waals surface area (Å²) in [5.41, 5.74) is -0.300. The Bertz CT molecular complexity index is 805. The lowest BCUT2D eigenvalue weighted by atomic mass is 10.2. The second-order valence-corrected chi connectivity index (χ2v) is 5.32. The fourth-order valence-corrected chi connectivity index (χ4v) is 2.70. The Morgan fingerprint density at radius 2 is 2.00 bits per heavy atom. The first-order valence-corrected chi connectivity index (χ1v) is 6.81. The van der Waals surface area contributed by atoms with E-state index in [2.05, 4.69) is 10.3 Å². The highest BCUT2D eigenvalue weighted by Gasteiger charge is 2.29. The Kier molecular flexibility index (Phi) is 3.63. The van der Waals surface area contributed by atoms with Crippen molar-refractivity contribution < 1.29 is 27.9 Å². The number of rotatable bonds is 2. The average Bonchev–Trinajstić information content (AvgIpc) is 3.10. The van der Waals surface area contributed by atoms with E-state index in [0.717, 1.165) is 6.07 Å². The van der Waals surface area contributed by atoms with E-state index in [4.69, 9.17) is 5.11 Å². The van der Waals surface area contributed by atoms with Crippen molar-refractivity contribution in [2.24, 2.45) is 0 Å². The molecule has 0 bridgehead atoms. The van der Waals surface area contributed by atoms with Gasteiger partial charge in [-0.3, -0.25) is 4.79 Å². The average molecular weight is 327 g/mol. The molecule has 1 aliphatic heterocycles. The molecule has 1 unspecified atom stereocenters. The molecule has 1 aliphatic rings. The molecule has 23 heavy (non-hydrogen) atoms. The number of hydrogen-bond donors (Lipinski definition) is 3. The lowest BCUT2D eigenvalue weighted by Gasteiger charge is -2.15. The molecule has 1 aromatic carbocycles. The van der Waals surface area contributed by atoms with Crippen LogP contribution < -0.4 is 5.32 Å². The predicted octanol–water partition coefficient (Wildman–Crippen LogP) is 2.07. The summed E-state index contributed by atoms with van der Waals surface area (Å²) in [4.78, 5) is 26.8. The van der Waals surface area contributed by atoms with E-state index in [1.54, 1.807) is 0 Å². The maximum Gasteiger partial charge on any atom is 0.404 e. The van der Waals surface area contributed by atoms with Gasteiger partial charge in [-0.15, -0.1) is 0 Å². The molecular weight excluding hydrogens is 315 g/mol. The first-order valence-electron chi connectivity index (χ1n) is 6.81. The fourth-order valence-electron chi connectivity index (χ4n) is 2.70. The molecule has 2 amide bonds. The van der Waals surface area contributed by atoms with Crippen LogP contribution in [-0.2, 0) is 0 Å². The second-order valence-electron chi connectivity index (χ2n) is 5.32. The summed E-state index contributed by atoms with van der Waals surface area (Å²) >= 11 is 0. The largest absolute Gasteiger partial charge is 0.465 e. The molecule has 122 valence electrons. The van der Waals surface area contributed by atoms with Gasteiger partial charge in [-0.25, -0.2) is 18.0 Å². The lowest BCUT2D eigenvalue weighted by molar-refractivity contribution is 0.0783. The number of amides is 2. The molecule has 1 atom stereocenters. The summed E-state index contributed by atoms with van der Waals surface area (Å²) in [5, 5.41) is 11.0. The number of carbonyl (C=O) groups is 2. The second kappa shape index (κ2) is 5.49. The maximum atomic E-state index is 13.7. The quantitative estimate of drug-likeness (QED) is 0.738. The minimum absolute atomic E-state index is 0.0140. The number of likely N-dealkylation sites (tertiary alicyclic amines) is 1. The lowest BCUT2D eigenvalue weighted by Crippen LogP contribution is -2.37. The number of fused-ring (bicyclic) bond motifs is 1. The molecule has 6 nitrogen and oxygen atoms in total. The van der Waals surface area contributed by atoms with Crippen LogP contribution >= 0.6 is 0 Å². The summed E-state index contributed by atoms with van der Waals surface area (Å²) < 4.78 is 40.1. The molecule has 9 heteroatoms. The summed E-state index contributed by atoms with van der Waals surface area (Å²) in [6, 6.07) is 1.66. The third kappa shape index (κ3) is 2.69. The number of halogens is 3. The Labute approximate surface area is 127 Å². The number of carboxylic acid groups (broad SMARTS) is 1. The zero-order valence-electron chi connectivity index (χ0n) is 11.7. The Hall–Kier alpha value is -2.71. The van der Waals surface area contributed by atoms with Gasteiger partial charge in [-0.05, 0) is 18.6 Å². The van der Waals surface area contributed by atoms with E-state index in [-0.39, 0.29) is 29.2 Å². The van der Waals surface area contributed by atoms with Crippen LogP contribution in [0.15, 0.2) is 12.1 Å². The monoisotopic (exact) mass is 327 g/mol. The molecule has 1 saturated heterocycles. The number of H-pyrrole nitrogens is 1. The fraction of sp³-hybridized carbons (Fsp3) is 0.286. The van der Waals surface area contributed by atoms with Crippen molar-refractivity contribution >= 4 is 22.9 Å². The summed E-state index contributed by atoms with van der Waals surface area (Å²) in [5.74, 6) is -4.81. The number of benzene rings is 1. The Morgan fingerprint density at radius 1 is 1.26 bits per heavy atom. The molecule has 2 heterocycles. The van der Waals surface area contributed by atoms with Gasteiger partial charge in [0.25, 0.3) is 5.91 Å². The van der Waals surface area contributed by atoms with E-state index in [0.29, 0.717) is 13.0 Å². The Morgan fingerprint density at radius 3 is 2.70 bits per heavy atom. The maximum absolute atomic E-state index is 13.7. The minimum atomic E-state index is -1.61. The van der Waals surface area contributed by atoms with Crippen molar-refractivity contribution in [1.29, 1.82) is 0 Å². The number of aromatic amines is 1. The van der Waals surface area contributed by atoms with E-state index in [1.807, 2.05) is 0 Å². The summed E-state index contributed by atoms with van der Waals surface area (Å²) in [6.07, 6.45) is -0.724. The van der Waals surface area contributed by atoms with E-state index < -0.39 is 29.5 Å². The molecule has 2 aromatic rings. The number of carbonyl (C=O) groups excluding carboxylic acids is 1. The van der Waals surface area contributed by atoms with Gasteiger partial charge in [-0.2, -0.15) is 0 Å². The number of hydrogen-bond acceptors (Lipinski definition) is 2. The SMILES string of the molecule is O=C(O)NC1CCN(C(=O)c2cc3cc(F)c(F)c(F)c3[nH]2)C1. The van der Waals surface area contributed by atoms with Gasteiger partial charge in [-0.1, -0.05) is 0 Å². The molecule has 0 saturated carbocycles. The summed E-state index contributed by atoms with van der Waals surface area (Å²) in [6.45, 7) is 0.496. The van der Waals surface area contributed by atoms with E-state index >= 15 is 0 Å². The number of nitrogens with one attached hydrogen (secondary N) is 2. The normalized spacial score (nSPS) is 17.7. The highest BCUT2D eigenvalue weighted by Crippen LogP contribution is 2.24. The van der Waals surface area contributed by atoms with Gasteiger partial charge in [0.2, 0.25) is 0 Å². The van der Waals surface area contributed by atoms with Crippen LogP contribution in [0.3, 0.4) is 0 Å². The molecule has 0 spiro atoms. The molecule has 1 aromatic heterocycles. The molecule has 1 fully saturated rings. The molecular formula is C14H12F3N3O3. The van der Waals surface area contributed by atoms with Crippen molar-refractivity contribution in [1.82, 2.24) is 15.2 Å². The van der Waals surface area contributed by atoms with E-state index in [1.165, 1.54) is 11.0 Å². The van der Waals surface area contributed by atoms with Crippen LogP contribution in [0.5, 0.6) is 0 Å². The first-order chi connectivity index (χ1) is 10.9. The molecule has 0 radical (unpaired) electrons. The topological polar surface area (TPSA) is 85.4 Å². The van der Waals surface area contributed by atoms with Crippen LogP contribution in [0.1, 0.15) is 16.9 Å². The highest BCUT2D eigenvalue weighted by molar-refractivity contribution is 5.98. The standard InChI is InChI=1S/C14H12F3N3O3/c15-8-3-6-4-9(19-12(6)11(17)10(8)16)13(21)20-2-1-7(5-20)18-14(22)23/h3-4,7,18-19H,1-2,5H2,(H,22,23). The summed E-state index contributed by atoms with van der Waals surface area (Å²) in [7, 11) is 0. The molecule has 3 N–H and O–H groups in total. The van der Waals surface area contributed by atoms with Gasteiger partial charge in [0.15, 0.2) is 17.5 Å². The van der Waals surface area contributed by atoms with Crippen LogP contribution in [0.4, 0.5) is 18.0 Å². The van der Waals surface area contributed by atoms with Crippen molar-refractivity contribution in [2.45, 2.75) is 12.5 Å². The highest BCUT2D eigenvalue weighted by atomic mass is 19.2. The zero-order chi connectivity index (χ0) is 16.7. The molecule has 0 aliphatic carbocycles. The van der Waals surface area contributed by atoms with Gasteiger partial charge >= 0.3 is 6.09 Å². The van der Waals surface area contributed by atoms with Crippen LogP contribution in [-0.4, -0.2) is 46.1 Å². The van der Waals surface area contributed by atoms with Crippen molar-refractivity contribution in [3.63, 3.8) is 0 Å². The van der Waals surface area contributed by atoms with Crippen molar-refractivity contribution in [2.75, 3.05) is 13.1 Å². The minimum Gasteiger partial charge on any atom is -0.465 e. The van der Waals surface area contributed by atoms with Crippen molar-refractivity contribution in [3.8, 4) is 0 Å². The van der Waals surface area contributed by atoms with E-state index in [9.17, 15) is 22.8 Å². The third-order valence-electron chi connectivity index (χ3n) is 3.79. The number of nitrogens with zero attached hydrogens (tertiary/aromatic N) is 1. The first kappa shape index (κ1) is 15.2. The van der Waals surface area contributed by atoms with Crippen LogP contribution in [0.2, 0.25) is 0 Å². The van der Waals surface area contributed by atoms with Crippen LogP contribution in [0.25, 0.3) is 10.9 Å². The van der Waals surface area contributed by atoms with Gasteiger partial charge in [0.1, 0.15) is 5.69 Å².